The molecule has 3 rings (SSSR count). The molecule has 0 fully saturated rings. The van der Waals surface area contributed by atoms with Crippen LogP contribution in [0.4, 0.5) is 5.13 Å². The molecule has 1 aromatic heterocycles. The number of anilines is 1. The van der Waals surface area contributed by atoms with Crippen LogP contribution in [-0.2, 0) is 0 Å². The fourth-order valence-electron chi connectivity index (χ4n) is 2.06. The number of nitrogens with one attached hydrogen (secondary N) is 1. The minimum Gasteiger partial charge on any atom is -0.490 e. The van der Waals surface area contributed by atoms with Gasteiger partial charge in [-0.3, -0.25) is 10.1 Å². The SMILES string of the molecule is O=C(Nc1nccs1)c1ccccc1OCCOc1ccccc1. The van der Waals surface area contributed by atoms with Gasteiger partial charge in [0.15, 0.2) is 5.13 Å². The van der Waals surface area contributed by atoms with E-state index in [1.54, 1.807) is 29.8 Å². The molecule has 5 nitrogen and oxygen atoms in total. The highest BCUT2D eigenvalue weighted by Gasteiger charge is 2.13. The molecule has 0 radical (unpaired) electrons. The van der Waals surface area contributed by atoms with Crippen molar-refractivity contribution in [3.8, 4) is 11.5 Å². The van der Waals surface area contributed by atoms with Gasteiger partial charge < -0.3 is 9.47 Å². The number of nitrogens with zero attached hydrogens (tertiary/aromatic N) is 1. The zero-order chi connectivity index (χ0) is 16.6. The van der Waals surface area contributed by atoms with Gasteiger partial charge in [0.1, 0.15) is 24.7 Å². The quantitative estimate of drug-likeness (QED) is 0.664. The minimum absolute atomic E-state index is 0.246. The molecule has 0 aliphatic carbocycles. The molecular formula is C18H16N2O3S. The molecule has 1 N–H and O–H groups in total. The number of benzene rings is 2. The van der Waals surface area contributed by atoms with Crippen molar-refractivity contribution in [1.82, 2.24) is 4.98 Å². The maximum Gasteiger partial charge on any atom is 0.261 e. The number of aromatic nitrogens is 1. The molecule has 0 bridgehead atoms. The standard InChI is InChI=1S/C18H16N2O3S/c21-17(20-18-19-10-13-24-18)15-8-4-5-9-16(15)23-12-11-22-14-6-2-1-3-7-14/h1-10,13H,11-12H2,(H,19,20,21). The molecule has 0 aliphatic rings. The van der Waals surface area contributed by atoms with Crippen molar-refractivity contribution in [2.75, 3.05) is 18.5 Å². The molecule has 0 saturated heterocycles. The first-order valence-electron chi connectivity index (χ1n) is 7.43. The monoisotopic (exact) mass is 340 g/mol. The van der Waals surface area contributed by atoms with Crippen LogP contribution in [0.2, 0.25) is 0 Å². The van der Waals surface area contributed by atoms with Crippen molar-refractivity contribution in [1.29, 1.82) is 0 Å². The Bertz CT molecular complexity index is 776. The van der Waals surface area contributed by atoms with Crippen LogP contribution < -0.4 is 14.8 Å². The van der Waals surface area contributed by atoms with Crippen LogP contribution in [0, 0.1) is 0 Å². The lowest BCUT2D eigenvalue weighted by molar-refractivity contribution is 0.102. The number of thiazole rings is 1. The molecule has 3 aromatic rings. The van der Waals surface area contributed by atoms with E-state index in [4.69, 9.17) is 9.47 Å². The normalized spacial score (nSPS) is 10.2. The molecular weight excluding hydrogens is 324 g/mol. The van der Waals surface area contributed by atoms with Gasteiger partial charge in [0.2, 0.25) is 0 Å². The molecule has 2 aromatic carbocycles. The third-order valence-corrected chi connectivity index (χ3v) is 3.83. The summed E-state index contributed by atoms with van der Waals surface area (Å²) in [6, 6.07) is 16.6. The number of hydrogen-bond donors (Lipinski definition) is 1. The Balaban J connectivity index is 1.56. The van der Waals surface area contributed by atoms with Crippen molar-refractivity contribution >= 4 is 22.4 Å². The fourth-order valence-corrected chi connectivity index (χ4v) is 2.58. The van der Waals surface area contributed by atoms with Gasteiger partial charge in [-0.15, -0.1) is 11.3 Å². The second-order valence-corrected chi connectivity index (χ2v) is 5.69. The number of carbonyl (C=O) groups is 1. The number of ether oxygens (including phenoxy) is 2. The molecule has 1 amide bonds. The van der Waals surface area contributed by atoms with Gasteiger partial charge in [-0.2, -0.15) is 0 Å². The molecule has 0 aliphatic heterocycles. The second-order valence-electron chi connectivity index (χ2n) is 4.80. The first-order valence-corrected chi connectivity index (χ1v) is 8.31. The van der Waals surface area contributed by atoms with E-state index in [1.165, 1.54) is 11.3 Å². The zero-order valence-electron chi connectivity index (χ0n) is 12.8. The second kappa shape index (κ2) is 8.12. The summed E-state index contributed by atoms with van der Waals surface area (Å²) in [5.41, 5.74) is 0.465. The van der Waals surface area contributed by atoms with E-state index < -0.39 is 0 Å². The van der Waals surface area contributed by atoms with Crippen molar-refractivity contribution in [3.05, 3.63) is 71.7 Å². The Labute approximate surface area is 143 Å². The number of amides is 1. The molecule has 122 valence electrons. The van der Waals surface area contributed by atoms with Gasteiger partial charge in [0.25, 0.3) is 5.91 Å². The molecule has 0 saturated carbocycles. The Morgan fingerprint density at radius 2 is 1.75 bits per heavy atom. The number of carbonyl (C=O) groups excluding carboxylic acids is 1. The van der Waals surface area contributed by atoms with Crippen molar-refractivity contribution in [2.24, 2.45) is 0 Å². The van der Waals surface area contributed by atoms with Crippen molar-refractivity contribution < 1.29 is 14.3 Å². The first kappa shape index (κ1) is 16.0. The molecule has 6 heteroatoms. The zero-order valence-corrected chi connectivity index (χ0v) is 13.7. The molecule has 0 atom stereocenters. The molecule has 0 unspecified atom stereocenters. The summed E-state index contributed by atoms with van der Waals surface area (Å²) in [5, 5.41) is 5.11. The van der Waals surface area contributed by atoms with Gasteiger partial charge in [0.05, 0.1) is 5.56 Å². The maximum absolute atomic E-state index is 12.3. The lowest BCUT2D eigenvalue weighted by Gasteiger charge is -2.11. The van der Waals surface area contributed by atoms with E-state index in [9.17, 15) is 4.79 Å². The van der Waals surface area contributed by atoms with Crippen LogP contribution in [0.25, 0.3) is 0 Å². The summed E-state index contributed by atoms with van der Waals surface area (Å²) in [6.07, 6.45) is 1.64. The average Bonchev–Trinajstić information content (AvgIpc) is 3.13. The van der Waals surface area contributed by atoms with E-state index >= 15 is 0 Å². The van der Waals surface area contributed by atoms with Crippen LogP contribution in [0.3, 0.4) is 0 Å². The highest BCUT2D eigenvalue weighted by Crippen LogP contribution is 2.20. The summed E-state index contributed by atoms with van der Waals surface area (Å²) >= 11 is 1.37. The summed E-state index contributed by atoms with van der Waals surface area (Å²) < 4.78 is 11.3. The lowest BCUT2D eigenvalue weighted by Crippen LogP contribution is -2.15. The van der Waals surface area contributed by atoms with Gasteiger partial charge in [-0.25, -0.2) is 4.98 Å². The fraction of sp³-hybridized carbons (Fsp3) is 0.111. The lowest BCUT2D eigenvalue weighted by atomic mass is 10.2. The predicted molar refractivity (Wildman–Crippen MR) is 93.9 cm³/mol. The largest absolute Gasteiger partial charge is 0.490 e. The van der Waals surface area contributed by atoms with E-state index in [-0.39, 0.29) is 5.91 Å². The van der Waals surface area contributed by atoms with Gasteiger partial charge in [0, 0.05) is 11.6 Å². The van der Waals surface area contributed by atoms with Crippen LogP contribution in [0.15, 0.2) is 66.2 Å². The van der Waals surface area contributed by atoms with E-state index in [1.807, 2.05) is 36.4 Å². The van der Waals surface area contributed by atoms with Crippen LogP contribution in [0.1, 0.15) is 10.4 Å². The van der Waals surface area contributed by atoms with E-state index in [0.29, 0.717) is 29.7 Å². The summed E-state index contributed by atoms with van der Waals surface area (Å²) in [5.74, 6) is 1.06. The van der Waals surface area contributed by atoms with Crippen LogP contribution >= 0.6 is 11.3 Å². The smallest absolute Gasteiger partial charge is 0.261 e. The highest BCUT2D eigenvalue weighted by atomic mass is 32.1. The Hall–Kier alpha value is -2.86. The third kappa shape index (κ3) is 4.33. The topological polar surface area (TPSA) is 60.5 Å². The predicted octanol–water partition coefficient (Wildman–Crippen LogP) is 3.85. The van der Waals surface area contributed by atoms with Gasteiger partial charge in [-0.1, -0.05) is 30.3 Å². The summed E-state index contributed by atoms with van der Waals surface area (Å²) in [4.78, 5) is 16.4. The van der Waals surface area contributed by atoms with Crippen LogP contribution in [-0.4, -0.2) is 24.1 Å². The first-order chi connectivity index (χ1) is 11.8. The molecule has 0 spiro atoms. The highest BCUT2D eigenvalue weighted by molar-refractivity contribution is 7.13. The van der Waals surface area contributed by atoms with Gasteiger partial charge in [-0.05, 0) is 24.3 Å². The molecule has 1 heterocycles. The van der Waals surface area contributed by atoms with E-state index in [0.717, 1.165) is 5.75 Å². The number of rotatable bonds is 7. The summed E-state index contributed by atoms with van der Waals surface area (Å²) in [7, 11) is 0. The van der Waals surface area contributed by atoms with Gasteiger partial charge >= 0.3 is 0 Å². The van der Waals surface area contributed by atoms with E-state index in [2.05, 4.69) is 10.3 Å². The maximum atomic E-state index is 12.3. The van der Waals surface area contributed by atoms with Crippen molar-refractivity contribution in [2.45, 2.75) is 0 Å². The van der Waals surface area contributed by atoms with Crippen LogP contribution in [0.5, 0.6) is 11.5 Å². The summed E-state index contributed by atoms with van der Waals surface area (Å²) in [6.45, 7) is 0.739. The number of hydrogen-bond acceptors (Lipinski definition) is 5. The Morgan fingerprint density at radius 1 is 1.00 bits per heavy atom. The Kier molecular flexibility index (Phi) is 5.42. The average molecular weight is 340 g/mol. The Morgan fingerprint density at radius 3 is 2.54 bits per heavy atom. The molecule has 24 heavy (non-hydrogen) atoms. The number of para-hydroxylation sites is 2. The third-order valence-electron chi connectivity index (χ3n) is 3.14. The van der Waals surface area contributed by atoms with Crippen molar-refractivity contribution in [3.63, 3.8) is 0 Å². The minimum atomic E-state index is -0.246.